The molecule has 0 saturated carbocycles. The Morgan fingerprint density at radius 2 is 0.633 bits per heavy atom. The molecule has 0 radical (unpaired) electrons. The second-order valence-corrected chi connectivity index (χ2v) is 45.6. The Kier molecular flexibility index (Phi) is 18.7. The van der Waals surface area contributed by atoms with Crippen molar-refractivity contribution in [3.05, 3.63) is 95.7 Å². The fraction of sp³-hybridized carbons (Fsp3) is 0.462. The molecular weight excluding hydrogens is 982 g/mol. The van der Waals surface area contributed by atoms with Gasteiger partial charge in [-0.3, -0.25) is 0 Å². The van der Waals surface area contributed by atoms with E-state index in [2.05, 4.69) is 137 Å². The maximum absolute atomic E-state index is 5.39. The number of unbranched alkanes of at least 4 members (excludes halogenated alkanes) is 6. The van der Waals surface area contributed by atoms with Gasteiger partial charge in [-0.1, -0.05) is 0 Å². The summed E-state index contributed by atoms with van der Waals surface area (Å²) in [5.41, 5.74) is 7.87. The van der Waals surface area contributed by atoms with Crippen LogP contribution in [0.2, 0.25) is 26.6 Å². The molecule has 318 valence electrons. The van der Waals surface area contributed by atoms with Crippen LogP contribution in [-0.2, 0) is 0 Å². The van der Waals surface area contributed by atoms with Gasteiger partial charge in [0.05, 0.1) is 0 Å². The molecule has 0 aliphatic carbocycles. The summed E-state index contributed by atoms with van der Waals surface area (Å²) in [6.07, 6.45) is 15.6. The summed E-state index contributed by atoms with van der Waals surface area (Å²) < 4.78 is 11.8. The van der Waals surface area contributed by atoms with Gasteiger partial charge >= 0.3 is 383 Å². The molecule has 6 aromatic heterocycles. The Morgan fingerprint density at radius 1 is 0.350 bits per heavy atom. The van der Waals surface area contributed by atoms with E-state index in [0.29, 0.717) is 0 Å². The molecule has 8 heteroatoms. The van der Waals surface area contributed by atoms with Crippen molar-refractivity contribution >= 4 is 66.6 Å². The SMILES string of the molecule is CCC[CH2][Sn]([CH2]CCC)([CH2]CCC)[c]1cc(-c2cccc(-c3cccc(-c4c[c]([Sn]([CH2]CCC)([CH2]CCC)[CH2]CCC)cc(-c5cccs5)n4)n3)n2)nc(-c2cccs2)c1. The van der Waals surface area contributed by atoms with Crippen molar-refractivity contribution in [2.45, 2.75) is 145 Å². The third-order valence-electron chi connectivity index (χ3n) is 12.8. The van der Waals surface area contributed by atoms with Crippen LogP contribution >= 0.6 is 22.7 Å². The summed E-state index contributed by atoms with van der Waals surface area (Å²) in [5.74, 6) is 0. The molecule has 6 heterocycles. The van der Waals surface area contributed by atoms with Gasteiger partial charge in [-0.05, 0) is 0 Å². The molecule has 0 fully saturated rings. The Hall–Kier alpha value is -2.40. The number of aromatic nitrogens is 4. The first-order chi connectivity index (χ1) is 29.4. The zero-order chi connectivity index (χ0) is 42.2. The molecule has 0 aliphatic heterocycles. The molecule has 0 spiro atoms. The average molecular weight is 1050 g/mol. The fourth-order valence-corrected chi connectivity index (χ4v) is 42.5. The second-order valence-electron chi connectivity index (χ2n) is 17.2. The molecule has 0 aliphatic rings. The van der Waals surface area contributed by atoms with Crippen molar-refractivity contribution in [1.82, 2.24) is 19.9 Å². The summed E-state index contributed by atoms with van der Waals surface area (Å²) in [6.45, 7) is 14.2. The van der Waals surface area contributed by atoms with E-state index in [9.17, 15) is 0 Å². The maximum atomic E-state index is 5.39. The summed E-state index contributed by atoms with van der Waals surface area (Å²) in [4.78, 5) is 24.0. The molecule has 6 aromatic rings. The van der Waals surface area contributed by atoms with Crippen LogP contribution in [0.15, 0.2) is 95.7 Å². The molecule has 60 heavy (non-hydrogen) atoms. The van der Waals surface area contributed by atoms with E-state index in [1.165, 1.54) is 113 Å². The van der Waals surface area contributed by atoms with E-state index in [-0.39, 0.29) is 0 Å². The minimum absolute atomic E-state index is 0.883. The van der Waals surface area contributed by atoms with Gasteiger partial charge in [-0.25, -0.2) is 0 Å². The van der Waals surface area contributed by atoms with Crippen molar-refractivity contribution in [1.29, 1.82) is 0 Å². The van der Waals surface area contributed by atoms with E-state index < -0.39 is 36.8 Å². The number of pyridine rings is 4. The predicted molar refractivity (Wildman–Crippen MR) is 270 cm³/mol. The van der Waals surface area contributed by atoms with Crippen LogP contribution in [0.1, 0.15) is 119 Å². The Labute approximate surface area is 379 Å². The normalized spacial score (nSPS) is 12.0. The summed E-state index contributed by atoms with van der Waals surface area (Å²) >= 11 is -2.02. The summed E-state index contributed by atoms with van der Waals surface area (Å²) in [6, 6.07) is 31.6. The molecule has 0 atom stereocenters. The van der Waals surface area contributed by atoms with Crippen LogP contribution in [0.25, 0.3) is 55.3 Å². The molecule has 0 saturated heterocycles. The number of nitrogens with zero attached hydrogens (tertiary/aromatic N) is 4. The van der Waals surface area contributed by atoms with Gasteiger partial charge in [-0.15, -0.1) is 0 Å². The van der Waals surface area contributed by atoms with Crippen LogP contribution in [0, 0.1) is 0 Å². The van der Waals surface area contributed by atoms with Crippen molar-refractivity contribution in [3.63, 3.8) is 0 Å². The van der Waals surface area contributed by atoms with E-state index in [4.69, 9.17) is 19.9 Å². The quantitative estimate of drug-likeness (QED) is 0.0536. The zero-order valence-corrected chi connectivity index (χ0v) is 44.9. The van der Waals surface area contributed by atoms with E-state index in [1.54, 1.807) is 29.8 Å². The third kappa shape index (κ3) is 12.0. The topological polar surface area (TPSA) is 51.6 Å². The molecule has 0 N–H and O–H groups in total. The van der Waals surface area contributed by atoms with Gasteiger partial charge in [0.1, 0.15) is 0 Å². The van der Waals surface area contributed by atoms with Crippen molar-refractivity contribution in [3.8, 4) is 55.3 Å². The number of hydrogen-bond donors (Lipinski definition) is 0. The van der Waals surface area contributed by atoms with Crippen molar-refractivity contribution in [2.75, 3.05) is 0 Å². The van der Waals surface area contributed by atoms with Crippen LogP contribution in [0.4, 0.5) is 0 Å². The van der Waals surface area contributed by atoms with E-state index >= 15 is 0 Å². The van der Waals surface area contributed by atoms with Gasteiger partial charge in [-0.2, -0.15) is 0 Å². The standard InChI is InChI=1S/C28H16N4S2.6C4H9.2Sn/c1-7-19(29-21(9-1)23-11-3-13-25(31-23)27-15-5-17-33-27)20-8-2-10-22(30-20)24-12-4-14-26(32-24)28-16-6-18-34-28;6*1-3-4-2;;/h1-2,5-18H;6*1,3-4H2,2H3;;. The van der Waals surface area contributed by atoms with Crippen LogP contribution in [-0.4, -0.2) is 56.7 Å². The first-order valence-corrected chi connectivity index (χ1v) is 40.2. The molecule has 6 rings (SSSR count). The Bertz CT molecular complexity index is 1980. The van der Waals surface area contributed by atoms with Crippen LogP contribution in [0.5, 0.6) is 0 Å². The average Bonchev–Trinajstić information content (AvgIpc) is 4.05. The predicted octanol–water partition coefficient (Wildman–Crippen LogP) is 15.8. The number of thiophene rings is 2. The summed E-state index contributed by atoms with van der Waals surface area (Å²) in [7, 11) is 0. The molecule has 0 amide bonds. The monoisotopic (exact) mass is 1050 g/mol. The summed E-state index contributed by atoms with van der Waals surface area (Å²) in [5, 5.41) is 4.36. The van der Waals surface area contributed by atoms with Crippen molar-refractivity contribution < 1.29 is 0 Å². The van der Waals surface area contributed by atoms with Gasteiger partial charge in [0.25, 0.3) is 0 Å². The molecule has 0 bridgehead atoms. The first kappa shape index (κ1) is 47.1. The Morgan fingerprint density at radius 3 is 0.917 bits per heavy atom. The third-order valence-corrected chi connectivity index (χ3v) is 45.6. The molecular formula is C52H70N4S2Sn2. The van der Waals surface area contributed by atoms with Gasteiger partial charge < -0.3 is 0 Å². The van der Waals surface area contributed by atoms with Gasteiger partial charge in [0.2, 0.25) is 0 Å². The molecule has 4 nitrogen and oxygen atoms in total. The zero-order valence-electron chi connectivity index (χ0n) is 37.6. The van der Waals surface area contributed by atoms with E-state index in [0.717, 1.165) is 45.6 Å². The Balaban J connectivity index is 1.45. The number of rotatable bonds is 25. The van der Waals surface area contributed by atoms with Crippen molar-refractivity contribution in [2.24, 2.45) is 0 Å². The van der Waals surface area contributed by atoms with E-state index in [1.807, 2.05) is 0 Å². The fourth-order valence-electron chi connectivity index (χ4n) is 9.18. The minimum atomic E-state index is -2.80. The molecule has 0 unspecified atom stereocenters. The van der Waals surface area contributed by atoms with Crippen LogP contribution < -0.4 is 7.16 Å². The molecule has 0 aromatic carbocycles. The van der Waals surface area contributed by atoms with Gasteiger partial charge in [0.15, 0.2) is 0 Å². The first-order valence-electron chi connectivity index (χ1n) is 23.5. The van der Waals surface area contributed by atoms with Crippen LogP contribution in [0.3, 0.4) is 0 Å². The number of hydrogen-bond acceptors (Lipinski definition) is 6. The second kappa shape index (κ2) is 23.9. The van der Waals surface area contributed by atoms with Gasteiger partial charge in [0, 0.05) is 0 Å².